The van der Waals surface area contributed by atoms with Crippen molar-refractivity contribution in [2.24, 2.45) is 16.3 Å². The van der Waals surface area contributed by atoms with Gasteiger partial charge < -0.3 is 20.6 Å². The first kappa shape index (κ1) is 26.7. The molecule has 0 bridgehead atoms. The molecule has 204 valence electrons. The fourth-order valence-electron chi connectivity index (χ4n) is 5.63. The molecule has 39 heavy (non-hydrogen) atoms. The number of benzene rings is 1. The summed E-state index contributed by atoms with van der Waals surface area (Å²) in [6.07, 6.45) is 9.54. The van der Waals surface area contributed by atoms with E-state index in [9.17, 15) is 14.7 Å². The highest BCUT2D eigenvalue weighted by Gasteiger charge is 2.59. The zero-order chi connectivity index (χ0) is 27.6. The molecule has 1 aromatic carbocycles. The number of anilines is 1. The molecule has 2 aliphatic heterocycles. The number of carboxylic acid groups (broad SMARTS) is 1. The second-order valence-corrected chi connectivity index (χ2v) is 10.7. The average molecular weight is 549 g/mol. The second kappa shape index (κ2) is 10.7. The van der Waals surface area contributed by atoms with Crippen LogP contribution in [-0.2, 0) is 4.79 Å². The van der Waals surface area contributed by atoms with Gasteiger partial charge in [0.05, 0.1) is 27.1 Å². The highest BCUT2D eigenvalue weighted by Crippen LogP contribution is 2.48. The van der Waals surface area contributed by atoms with Crippen molar-refractivity contribution in [1.82, 2.24) is 30.9 Å². The zero-order valence-corrected chi connectivity index (χ0v) is 23.0. The molecule has 3 aromatic rings. The van der Waals surface area contributed by atoms with Crippen LogP contribution in [0, 0.1) is 18.3 Å². The van der Waals surface area contributed by atoms with Gasteiger partial charge in [-0.05, 0) is 57.0 Å². The highest BCUT2D eigenvalue weighted by molar-refractivity contribution is 7.17. The number of urea groups is 1. The largest absolute Gasteiger partial charge is 0.481 e. The molecule has 5 rings (SSSR count). The monoisotopic (exact) mass is 548 g/mol. The number of aromatic nitrogens is 3. The number of nitrogens with zero attached hydrogens (tertiary/aromatic N) is 5. The summed E-state index contributed by atoms with van der Waals surface area (Å²) in [5.41, 5.74) is 3.81. The van der Waals surface area contributed by atoms with E-state index in [2.05, 4.69) is 30.9 Å². The Labute approximate surface area is 230 Å². The van der Waals surface area contributed by atoms with Crippen LogP contribution in [0.4, 0.5) is 10.5 Å². The Kier molecular flexibility index (Phi) is 7.32. The van der Waals surface area contributed by atoms with Crippen LogP contribution in [0.5, 0.6) is 0 Å². The number of hydrogen-bond donors (Lipinski definition) is 4. The lowest BCUT2D eigenvalue weighted by Crippen LogP contribution is -2.71. The third-order valence-electron chi connectivity index (χ3n) is 7.62. The first-order valence-electron chi connectivity index (χ1n) is 13.0. The van der Waals surface area contributed by atoms with E-state index in [1.54, 1.807) is 30.2 Å². The van der Waals surface area contributed by atoms with E-state index >= 15 is 0 Å². The minimum absolute atomic E-state index is 0.348. The van der Waals surface area contributed by atoms with Crippen molar-refractivity contribution >= 4 is 45.5 Å². The number of rotatable bonds is 7. The predicted octanol–water partition coefficient (Wildman–Crippen LogP) is 3.53. The standard InChI is InChI=1S/C27H32N8O3S/c1-4-26(24(36)37)7-9-28-15-21(26)27(34-25(38)29-5-2)33-8-6-10-35(27)18-11-19(22-20(12-18)32-16-39-22)23-30-13-17(3)14-31-23/h6,8,10-14,16,21,28H,4-5,7,9,15H2,1-3H3,(H,36,37)(H2,29,34,38). The average Bonchev–Trinajstić information content (AvgIpc) is 3.42. The number of fused-ring (bicyclic) bond motifs is 1. The number of allylic oxidation sites excluding steroid dienone is 1. The Bertz CT molecular complexity index is 1440. The molecule has 0 saturated carbocycles. The lowest BCUT2D eigenvalue weighted by Gasteiger charge is -2.53. The van der Waals surface area contributed by atoms with Gasteiger partial charge in [-0.2, -0.15) is 0 Å². The summed E-state index contributed by atoms with van der Waals surface area (Å²) in [5, 5.41) is 19.8. The van der Waals surface area contributed by atoms with Gasteiger partial charge in [0.1, 0.15) is 0 Å². The first-order valence-corrected chi connectivity index (χ1v) is 13.9. The van der Waals surface area contributed by atoms with Crippen LogP contribution in [-0.4, -0.2) is 63.7 Å². The molecule has 1 saturated heterocycles. The quantitative estimate of drug-likeness (QED) is 0.351. The third-order valence-corrected chi connectivity index (χ3v) is 8.49. The minimum Gasteiger partial charge on any atom is -0.481 e. The van der Waals surface area contributed by atoms with Crippen molar-refractivity contribution in [1.29, 1.82) is 0 Å². The smallest absolute Gasteiger partial charge is 0.318 e. The number of hydrogen-bond acceptors (Lipinski definition) is 9. The maximum Gasteiger partial charge on any atom is 0.318 e. The zero-order valence-electron chi connectivity index (χ0n) is 22.1. The van der Waals surface area contributed by atoms with Gasteiger partial charge in [-0.3, -0.25) is 10.1 Å². The van der Waals surface area contributed by atoms with Gasteiger partial charge in [0.25, 0.3) is 0 Å². The molecule has 2 aliphatic rings. The van der Waals surface area contributed by atoms with Gasteiger partial charge in [-0.15, -0.1) is 11.3 Å². The lowest BCUT2D eigenvalue weighted by molar-refractivity contribution is -0.158. The molecule has 1 fully saturated rings. The molecular weight excluding hydrogens is 516 g/mol. The summed E-state index contributed by atoms with van der Waals surface area (Å²) >= 11 is 1.50. The summed E-state index contributed by atoms with van der Waals surface area (Å²) in [6, 6.07) is 3.44. The SMILES string of the molecule is CCNC(=O)NC1(C2CNCCC2(CC)C(=O)O)N=CC=CN1c1cc(-c2ncc(C)cn2)c2scnc2c1. The van der Waals surface area contributed by atoms with Crippen molar-refractivity contribution < 1.29 is 14.7 Å². The van der Waals surface area contributed by atoms with Crippen molar-refractivity contribution in [3.63, 3.8) is 0 Å². The van der Waals surface area contributed by atoms with E-state index in [0.717, 1.165) is 21.3 Å². The summed E-state index contributed by atoms with van der Waals surface area (Å²) in [6.45, 7) is 6.96. The number of aliphatic imine (C=N–C) groups is 1. The molecular formula is C27H32N8O3S. The number of carbonyl (C=O) groups is 2. The maximum atomic E-state index is 13.2. The molecule has 11 nitrogen and oxygen atoms in total. The first-order chi connectivity index (χ1) is 18.8. The molecule has 3 atom stereocenters. The fourth-order valence-corrected chi connectivity index (χ4v) is 6.41. The van der Waals surface area contributed by atoms with E-state index in [4.69, 9.17) is 4.99 Å². The van der Waals surface area contributed by atoms with Gasteiger partial charge >= 0.3 is 12.0 Å². The number of aliphatic carboxylic acids is 1. The molecule has 2 amide bonds. The molecule has 12 heteroatoms. The Hall–Kier alpha value is -3.90. The van der Waals surface area contributed by atoms with Crippen molar-refractivity contribution in [3.05, 3.63) is 47.9 Å². The Morgan fingerprint density at radius 1 is 1.23 bits per heavy atom. The normalized spacial score (nSPS) is 24.6. The summed E-state index contributed by atoms with van der Waals surface area (Å²) in [4.78, 5) is 46.4. The highest BCUT2D eigenvalue weighted by atomic mass is 32.1. The summed E-state index contributed by atoms with van der Waals surface area (Å²) in [7, 11) is 0. The molecule has 3 unspecified atom stereocenters. The van der Waals surface area contributed by atoms with E-state index in [1.807, 2.05) is 44.0 Å². The number of piperidine rings is 1. The fraction of sp³-hybridized carbons (Fsp3) is 0.407. The van der Waals surface area contributed by atoms with Crippen molar-refractivity contribution in [2.75, 3.05) is 24.5 Å². The van der Waals surface area contributed by atoms with Crippen molar-refractivity contribution in [3.8, 4) is 11.4 Å². The van der Waals surface area contributed by atoms with Gasteiger partial charge in [-0.1, -0.05) is 6.92 Å². The molecule has 4 N–H and O–H groups in total. The van der Waals surface area contributed by atoms with Crippen LogP contribution in [0.3, 0.4) is 0 Å². The predicted molar refractivity (Wildman–Crippen MR) is 152 cm³/mol. The van der Waals surface area contributed by atoms with E-state index < -0.39 is 29.1 Å². The molecule has 0 radical (unpaired) electrons. The number of carboxylic acids is 1. The molecule has 0 spiro atoms. The van der Waals surface area contributed by atoms with Gasteiger partial charge in [0, 0.05) is 49.1 Å². The Morgan fingerprint density at radius 3 is 2.74 bits per heavy atom. The molecule has 2 aromatic heterocycles. The minimum atomic E-state index is -1.44. The topological polar surface area (TPSA) is 145 Å². The number of nitrogens with one attached hydrogen (secondary N) is 3. The lowest BCUT2D eigenvalue weighted by atomic mass is 9.65. The number of thiazole rings is 1. The number of amides is 2. The van der Waals surface area contributed by atoms with Crippen LogP contribution < -0.4 is 20.9 Å². The van der Waals surface area contributed by atoms with E-state index in [0.29, 0.717) is 44.0 Å². The summed E-state index contributed by atoms with van der Waals surface area (Å²) in [5.74, 6) is -2.40. The Balaban J connectivity index is 1.72. The Morgan fingerprint density at radius 2 is 2.03 bits per heavy atom. The van der Waals surface area contributed by atoms with Gasteiger partial charge in [0.15, 0.2) is 5.82 Å². The van der Waals surface area contributed by atoms with Crippen LogP contribution in [0.2, 0.25) is 0 Å². The van der Waals surface area contributed by atoms with Gasteiger partial charge in [-0.25, -0.2) is 24.7 Å². The number of carbonyl (C=O) groups excluding carboxylic acids is 1. The van der Waals surface area contributed by atoms with Crippen LogP contribution in [0.15, 0.2) is 47.3 Å². The van der Waals surface area contributed by atoms with E-state index in [-0.39, 0.29) is 0 Å². The summed E-state index contributed by atoms with van der Waals surface area (Å²) < 4.78 is 0.933. The van der Waals surface area contributed by atoms with Crippen LogP contribution in [0.25, 0.3) is 21.6 Å². The van der Waals surface area contributed by atoms with Crippen LogP contribution in [0.1, 0.15) is 32.3 Å². The number of aryl methyl sites for hydroxylation is 1. The van der Waals surface area contributed by atoms with Gasteiger partial charge in [0.2, 0.25) is 5.79 Å². The van der Waals surface area contributed by atoms with Crippen molar-refractivity contribution in [2.45, 2.75) is 39.4 Å². The van der Waals surface area contributed by atoms with E-state index in [1.165, 1.54) is 11.3 Å². The molecule has 4 heterocycles. The van der Waals surface area contributed by atoms with Crippen LogP contribution >= 0.6 is 11.3 Å². The molecule has 0 aliphatic carbocycles. The maximum absolute atomic E-state index is 13.2. The second-order valence-electron chi connectivity index (χ2n) is 9.80. The third kappa shape index (κ3) is 4.63.